The van der Waals surface area contributed by atoms with Gasteiger partial charge in [0.05, 0.1) is 11.9 Å². The monoisotopic (exact) mass is 490 g/mol. The van der Waals surface area contributed by atoms with Gasteiger partial charge in [0.25, 0.3) is 0 Å². The van der Waals surface area contributed by atoms with Crippen LogP contribution >= 0.6 is 0 Å². The number of piperazine rings is 1. The van der Waals surface area contributed by atoms with Crippen LogP contribution in [0.5, 0.6) is 0 Å². The van der Waals surface area contributed by atoms with Crippen LogP contribution < -0.4 is 10.6 Å². The van der Waals surface area contributed by atoms with E-state index in [4.69, 9.17) is 10.7 Å². The number of nitrogens with two attached hydrogens (primary N) is 1. The van der Waals surface area contributed by atoms with Gasteiger partial charge in [0.1, 0.15) is 17.2 Å². The van der Waals surface area contributed by atoms with E-state index in [2.05, 4.69) is 79.5 Å². The lowest BCUT2D eigenvalue weighted by Gasteiger charge is -2.37. The minimum absolute atomic E-state index is 0.223. The summed E-state index contributed by atoms with van der Waals surface area (Å²) in [5.74, 6) is 1.22. The lowest BCUT2D eigenvalue weighted by molar-refractivity contribution is 0.209. The summed E-state index contributed by atoms with van der Waals surface area (Å²) in [5.41, 5.74) is 12.5. The van der Waals surface area contributed by atoms with E-state index in [1.807, 2.05) is 36.7 Å². The molecule has 8 heteroatoms. The minimum Gasteiger partial charge on any atom is -0.368 e. The van der Waals surface area contributed by atoms with E-state index in [9.17, 15) is 0 Å². The molecular weight excluding hydrogens is 460 g/mol. The van der Waals surface area contributed by atoms with Crippen molar-refractivity contribution in [2.75, 3.05) is 36.8 Å². The second kappa shape index (κ2) is 9.63. The highest BCUT2D eigenvalue weighted by Gasteiger charge is 2.20. The summed E-state index contributed by atoms with van der Waals surface area (Å²) in [5, 5.41) is 0. The van der Waals surface area contributed by atoms with Gasteiger partial charge in [-0.1, -0.05) is 30.3 Å². The van der Waals surface area contributed by atoms with Crippen LogP contribution in [-0.4, -0.2) is 61.5 Å². The molecule has 186 valence electrons. The fourth-order valence-corrected chi connectivity index (χ4v) is 4.96. The first-order chi connectivity index (χ1) is 18.1. The highest BCUT2D eigenvalue weighted by molar-refractivity contribution is 5.81. The van der Waals surface area contributed by atoms with Crippen LogP contribution in [-0.2, 0) is 0 Å². The van der Waals surface area contributed by atoms with Crippen LogP contribution in [0.1, 0.15) is 13.8 Å². The number of benzene rings is 1. The van der Waals surface area contributed by atoms with Crippen LogP contribution in [0.15, 0.2) is 79.4 Å². The number of anilines is 2. The van der Waals surface area contributed by atoms with Gasteiger partial charge in [-0.25, -0.2) is 19.9 Å². The number of imidazole rings is 1. The van der Waals surface area contributed by atoms with Crippen molar-refractivity contribution in [1.82, 2.24) is 29.2 Å². The number of aromatic nitrogens is 5. The standard InChI is InChI=1S/C29H30N8/c1-20(2)35-12-14-36(15-13-35)26-10-8-22(16-31-26)24-17-33-29(30)34-28(24)25-18-32-27-11-9-23(19-37(25)27)21-6-4-3-5-7-21/h3-11,16-20H,12-15H2,1-2H3,(H2,30,33,34). The molecule has 0 amide bonds. The molecule has 1 fully saturated rings. The lowest BCUT2D eigenvalue weighted by Crippen LogP contribution is -2.49. The van der Waals surface area contributed by atoms with E-state index in [1.54, 1.807) is 6.20 Å². The number of rotatable bonds is 5. The molecule has 5 heterocycles. The maximum absolute atomic E-state index is 6.05. The molecule has 0 aliphatic carbocycles. The maximum Gasteiger partial charge on any atom is 0.220 e. The molecule has 1 aromatic carbocycles. The van der Waals surface area contributed by atoms with E-state index < -0.39 is 0 Å². The summed E-state index contributed by atoms with van der Waals surface area (Å²) in [6, 6.07) is 19.2. The van der Waals surface area contributed by atoms with Gasteiger partial charge in [-0.05, 0) is 49.2 Å². The van der Waals surface area contributed by atoms with Gasteiger partial charge in [-0.2, -0.15) is 0 Å². The van der Waals surface area contributed by atoms with E-state index in [0.29, 0.717) is 6.04 Å². The first-order valence-corrected chi connectivity index (χ1v) is 12.7. The van der Waals surface area contributed by atoms with Gasteiger partial charge < -0.3 is 10.6 Å². The second-order valence-corrected chi connectivity index (χ2v) is 9.67. The van der Waals surface area contributed by atoms with Crippen LogP contribution in [0.3, 0.4) is 0 Å². The molecule has 0 unspecified atom stereocenters. The molecular formula is C29H30N8. The van der Waals surface area contributed by atoms with E-state index in [0.717, 1.165) is 71.3 Å². The number of fused-ring (bicyclic) bond motifs is 1. The Morgan fingerprint density at radius 1 is 0.757 bits per heavy atom. The molecule has 2 N–H and O–H groups in total. The van der Waals surface area contributed by atoms with E-state index >= 15 is 0 Å². The molecule has 1 saturated heterocycles. The topological polar surface area (TPSA) is 88.5 Å². The van der Waals surface area contributed by atoms with E-state index in [1.165, 1.54) is 0 Å². The summed E-state index contributed by atoms with van der Waals surface area (Å²) < 4.78 is 2.06. The Labute approximate surface area is 216 Å². The fraction of sp³-hybridized carbons (Fsp3) is 0.241. The SMILES string of the molecule is CC(C)N1CCN(c2ccc(-c3cnc(N)nc3-c3cnc4ccc(-c5ccccc5)cn34)cn2)CC1. The summed E-state index contributed by atoms with van der Waals surface area (Å²) in [6.45, 7) is 8.56. The normalized spacial score (nSPS) is 14.5. The quantitative estimate of drug-likeness (QED) is 0.384. The van der Waals surface area contributed by atoms with Crippen molar-refractivity contribution < 1.29 is 0 Å². The Morgan fingerprint density at radius 3 is 2.27 bits per heavy atom. The van der Waals surface area contributed by atoms with Crippen molar-refractivity contribution in [3.8, 4) is 33.6 Å². The third kappa shape index (κ3) is 4.51. The highest BCUT2D eigenvalue weighted by Crippen LogP contribution is 2.32. The predicted molar refractivity (Wildman–Crippen MR) is 148 cm³/mol. The van der Waals surface area contributed by atoms with Crippen LogP contribution in [0, 0.1) is 0 Å². The number of pyridine rings is 2. The van der Waals surface area contributed by atoms with Crippen molar-refractivity contribution in [2.45, 2.75) is 19.9 Å². The molecule has 0 saturated carbocycles. The molecule has 4 aromatic heterocycles. The van der Waals surface area contributed by atoms with Crippen molar-refractivity contribution >= 4 is 17.4 Å². The molecule has 0 radical (unpaired) electrons. The number of hydrogen-bond donors (Lipinski definition) is 1. The van der Waals surface area contributed by atoms with Crippen LogP contribution in [0.25, 0.3) is 39.3 Å². The van der Waals surface area contributed by atoms with Crippen molar-refractivity contribution in [2.24, 2.45) is 0 Å². The first kappa shape index (κ1) is 23.1. The molecule has 37 heavy (non-hydrogen) atoms. The molecule has 5 aromatic rings. The van der Waals surface area contributed by atoms with Crippen LogP contribution in [0.4, 0.5) is 11.8 Å². The van der Waals surface area contributed by atoms with Crippen LogP contribution in [0.2, 0.25) is 0 Å². The fourth-order valence-electron chi connectivity index (χ4n) is 4.96. The zero-order chi connectivity index (χ0) is 25.4. The molecule has 0 bridgehead atoms. The number of hydrogen-bond acceptors (Lipinski definition) is 7. The second-order valence-electron chi connectivity index (χ2n) is 9.67. The van der Waals surface area contributed by atoms with Gasteiger partial charge in [-0.15, -0.1) is 0 Å². The average Bonchev–Trinajstić information content (AvgIpc) is 3.37. The third-order valence-corrected chi connectivity index (χ3v) is 7.09. The summed E-state index contributed by atoms with van der Waals surface area (Å²) in [7, 11) is 0. The number of nitrogen functional groups attached to an aromatic ring is 1. The zero-order valence-corrected chi connectivity index (χ0v) is 21.1. The van der Waals surface area contributed by atoms with E-state index in [-0.39, 0.29) is 5.95 Å². The summed E-state index contributed by atoms with van der Waals surface area (Å²) in [6.07, 6.45) is 7.61. The lowest BCUT2D eigenvalue weighted by atomic mass is 10.1. The molecule has 6 rings (SSSR count). The maximum atomic E-state index is 6.05. The third-order valence-electron chi connectivity index (χ3n) is 7.09. The smallest absolute Gasteiger partial charge is 0.220 e. The van der Waals surface area contributed by atoms with Crippen molar-refractivity contribution in [1.29, 1.82) is 0 Å². The van der Waals surface area contributed by atoms with Gasteiger partial charge >= 0.3 is 0 Å². The van der Waals surface area contributed by atoms with Gasteiger partial charge in [0.2, 0.25) is 5.95 Å². The average molecular weight is 491 g/mol. The Bertz CT molecular complexity index is 1520. The zero-order valence-electron chi connectivity index (χ0n) is 21.1. The molecule has 1 aliphatic rings. The van der Waals surface area contributed by atoms with Gasteiger partial charge in [0, 0.05) is 61.9 Å². The van der Waals surface area contributed by atoms with Gasteiger partial charge in [0.15, 0.2) is 0 Å². The highest BCUT2D eigenvalue weighted by atomic mass is 15.3. The largest absolute Gasteiger partial charge is 0.368 e. The first-order valence-electron chi connectivity index (χ1n) is 12.7. The predicted octanol–water partition coefficient (Wildman–Crippen LogP) is 4.63. The summed E-state index contributed by atoms with van der Waals surface area (Å²) >= 11 is 0. The molecule has 8 nitrogen and oxygen atoms in total. The minimum atomic E-state index is 0.223. The Balaban J connectivity index is 1.35. The van der Waals surface area contributed by atoms with Crippen molar-refractivity contribution in [3.05, 3.63) is 79.4 Å². The Kier molecular flexibility index (Phi) is 6.02. The summed E-state index contributed by atoms with van der Waals surface area (Å²) in [4.78, 5) is 23.2. The Hall–Kier alpha value is -4.30. The number of nitrogens with zero attached hydrogens (tertiary/aromatic N) is 7. The molecule has 1 aliphatic heterocycles. The van der Waals surface area contributed by atoms with Gasteiger partial charge in [-0.3, -0.25) is 9.30 Å². The molecule has 0 atom stereocenters. The van der Waals surface area contributed by atoms with Crippen molar-refractivity contribution in [3.63, 3.8) is 0 Å². The Morgan fingerprint density at radius 2 is 1.54 bits per heavy atom. The molecule has 0 spiro atoms.